The number of nitrogens with zero attached hydrogens (tertiary/aromatic N) is 2. The molecule has 0 saturated carbocycles. The molecule has 0 radical (unpaired) electrons. The molecule has 7 nitrogen and oxygen atoms in total. The largest absolute Gasteiger partial charge is 0.357 e. The summed E-state index contributed by atoms with van der Waals surface area (Å²) in [7, 11) is -1.97. The topological polar surface area (TPSA) is 86.8 Å². The third kappa shape index (κ3) is 7.68. The highest BCUT2D eigenvalue weighted by atomic mass is 32.2. The molecule has 1 atom stereocenters. The van der Waals surface area contributed by atoms with Gasteiger partial charge in [-0.1, -0.05) is 72.8 Å². The van der Waals surface area contributed by atoms with E-state index in [4.69, 9.17) is 0 Å². The van der Waals surface area contributed by atoms with Crippen molar-refractivity contribution >= 4 is 27.5 Å². The van der Waals surface area contributed by atoms with E-state index >= 15 is 0 Å². The van der Waals surface area contributed by atoms with E-state index in [9.17, 15) is 18.0 Å². The van der Waals surface area contributed by atoms with Gasteiger partial charge in [0, 0.05) is 33.0 Å². The van der Waals surface area contributed by atoms with Crippen LogP contribution in [0.1, 0.15) is 35.1 Å². The standard InChI is InChI=1S/C30H37N3O4S/c1-23-13-8-10-17-26(23)22-32(28(30(35)31-3)21-25-15-6-5-7-16-25)29(34)19-12-20-33(38(4,36)37)27-18-11-9-14-24(27)2/h5-11,13-18,28H,12,19-22H2,1-4H3,(H,31,35). The summed E-state index contributed by atoms with van der Waals surface area (Å²) in [6.45, 7) is 4.29. The molecular weight excluding hydrogens is 498 g/mol. The fourth-order valence-corrected chi connectivity index (χ4v) is 5.54. The van der Waals surface area contributed by atoms with Gasteiger partial charge >= 0.3 is 0 Å². The van der Waals surface area contributed by atoms with Crippen molar-refractivity contribution in [1.82, 2.24) is 10.2 Å². The molecule has 3 rings (SSSR count). The molecule has 8 heteroatoms. The Bertz CT molecular complexity index is 1340. The van der Waals surface area contributed by atoms with Crippen molar-refractivity contribution < 1.29 is 18.0 Å². The molecule has 3 aromatic rings. The van der Waals surface area contributed by atoms with Crippen LogP contribution in [0.5, 0.6) is 0 Å². The second-order valence-electron chi connectivity index (χ2n) is 9.49. The number of likely N-dealkylation sites (N-methyl/N-ethyl adjacent to an activating group) is 1. The van der Waals surface area contributed by atoms with E-state index in [2.05, 4.69) is 5.32 Å². The number of para-hydroxylation sites is 1. The lowest BCUT2D eigenvalue weighted by molar-refractivity contribution is -0.141. The molecule has 1 unspecified atom stereocenters. The predicted octanol–water partition coefficient (Wildman–Crippen LogP) is 4.24. The Kier molecular flexibility index (Phi) is 10.1. The Morgan fingerprint density at radius 2 is 1.47 bits per heavy atom. The number of hydrogen-bond donors (Lipinski definition) is 1. The number of sulfonamides is 1. The van der Waals surface area contributed by atoms with Gasteiger partial charge in [0.2, 0.25) is 21.8 Å². The minimum Gasteiger partial charge on any atom is -0.357 e. The molecule has 202 valence electrons. The van der Waals surface area contributed by atoms with Crippen LogP contribution < -0.4 is 9.62 Å². The maximum Gasteiger partial charge on any atom is 0.242 e. The molecule has 2 amide bonds. The second-order valence-corrected chi connectivity index (χ2v) is 11.4. The van der Waals surface area contributed by atoms with Crippen LogP contribution >= 0.6 is 0 Å². The first kappa shape index (κ1) is 28.9. The smallest absolute Gasteiger partial charge is 0.242 e. The van der Waals surface area contributed by atoms with Crippen molar-refractivity contribution in [3.8, 4) is 0 Å². The average Bonchev–Trinajstić information content (AvgIpc) is 2.89. The fourth-order valence-electron chi connectivity index (χ4n) is 4.52. The fraction of sp³-hybridized carbons (Fsp3) is 0.333. The molecule has 0 aliphatic carbocycles. The second kappa shape index (κ2) is 13.2. The number of carbonyl (C=O) groups is 2. The lowest BCUT2D eigenvalue weighted by Gasteiger charge is -2.32. The zero-order valence-corrected chi connectivity index (χ0v) is 23.4. The number of hydrogen-bond acceptors (Lipinski definition) is 4. The van der Waals surface area contributed by atoms with Crippen LogP contribution in [0, 0.1) is 13.8 Å². The van der Waals surface area contributed by atoms with Gasteiger partial charge in [-0.25, -0.2) is 8.42 Å². The Morgan fingerprint density at radius 1 is 0.868 bits per heavy atom. The summed E-state index contributed by atoms with van der Waals surface area (Å²) in [5.41, 5.74) is 4.38. The summed E-state index contributed by atoms with van der Waals surface area (Å²) in [5.74, 6) is -0.440. The molecule has 0 spiro atoms. The number of anilines is 1. The molecule has 38 heavy (non-hydrogen) atoms. The van der Waals surface area contributed by atoms with Gasteiger partial charge in [-0.05, 0) is 48.6 Å². The zero-order chi connectivity index (χ0) is 27.7. The highest BCUT2D eigenvalue weighted by Crippen LogP contribution is 2.23. The third-order valence-corrected chi connectivity index (χ3v) is 7.84. The van der Waals surface area contributed by atoms with Gasteiger partial charge in [0.25, 0.3) is 0 Å². The van der Waals surface area contributed by atoms with Gasteiger partial charge in [-0.15, -0.1) is 0 Å². The van der Waals surface area contributed by atoms with E-state index in [-0.39, 0.29) is 31.3 Å². The Labute approximate surface area is 226 Å². The molecule has 0 bridgehead atoms. The van der Waals surface area contributed by atoms with E-state index < -0.39 is 16.1 Å². The summed E-state index contributed by atoms with van der Waals surface area (Å²) in [6.07, 6.45) is 1.96. The molecule has 0 aliphatic heterocycles. The maximum atomic E-state index is 13.7. The summed E-state index contributed by atoms with van der Waals surface area (Å²) in [5, 5.41) is 2.72. The monoisotopic (exact) mass is 535 g/mol. The number of carbonyl (C=O) groups excluding carboxylic acids is 2. The van der Waals surface area contributed by atoms with Crippen molar-refractivity contribution in [1.29, 1.82) is 0 Å². The average molecular weight is 536 g/mol. The van der Waals surface area contributed by atoms with Crippen LogP contribution in [-0.2, 0) is 32.6 Å². The first-order chi connectivity index (χ1) is 18.1. The van der Waals surface area contributed by atoms with Crippen LogP contribution in [-0.4, -0.2) is 51.0 Å². The SMILES string of the molecule is CNC(=O)C(Cc1ccccc1)N(Cc1ccccc1C)C(=O)CCCN(c1ccccc1C)S(C)(=O)=O. The van der Waals surface area contributed by atoms with Crippen molar-refractivity contribution in [3.05, 3.63) is 101 Å². The van der Waals surface area contributed by atoms with E-state index in [1.807, 2.05) is 80.6 Å². The highest BCUT2D eigenvalue weighted by molar-refractivity contribution is 7.92. The van der Waals surface area contributed by atoms with Gasteiger partial charge in [-0.2, -0.15) is 0 Å². The molecule has 0 fully saturated rings. The first-order valence-electron chi connectivity index (χ1n) is 12.7. The number of aryl methyl sites for hydroxylation is 2. The molecule has 1 N–H and O–H groups in total. The minimum atomic E-state index is -3.54. The summed E-state index contributed by atoms with van der Waals surface area (Å²) >= 11 is 0. The Hall–Kier alpha value is -3.65. The van der Waals surface area contributed by atoms with Crippen molar-refractivity contribution in [3.63, 3.8) is 0 Å². The molecule has 3 aromatic carbocycles. The van der Waals surface area contributed by atoms with Gasteiger partial charge in [0.1, 0.15) is 6.04 Å². The van der Waals surface area contributed by atoms with Crippen LogP contribution in [0.4, 0.5) is 5.69 Å². The van der Waals surface area contributed by atoms with E-state index in [1.165, 1.54) is 10.6 Å². The van der Waals surface area contributed by atoms with Crippen molar-refractivity contribution in [2.45, 2.75) is 45.7 Å². The van der Waals surface area contributed by atoms with E-state index in [0.29, 0.717) is 18.5 Å². The van der Waals surface area contributed by atoms with Crippen LogP contribution in [0.15, 0.2) is 78.9 Å². The van der Waals surface area contributed by atoms with Crippen LogP contribution in [0.2, 0.25) is 0 Å². The lowest BCUT2D eigenvalue weighted by Crippen LogP contribution is -2.50. The van der Waals surface area contributed by atoms with Gasteiger partial charge < -0.3 is 10.2 Å². The number of rotatable bonds is 12. The minimum absolute atomic E-state index is 0.103. The molecule has 0 saturated heterocycles. The van der Waals surface area contributed by atoms with Crippen LogP contribution in [0.25, 0.3) is 0 Å². The number of amides is 2. The predicted molar refractivity (Wildman–Crippen MR) is 152 cm³/mol. The maximum absolute atomic E-state index is 13.7. The zero-order valence-electron chi connectivity index (χ0n) is 22.6. The number of nitrogens with one attached hydrogen (secondary N) is 1. The van der Waals surface area contributed by atoms with Gasteiger partial charge in [0.15, 0.2) is 0 Å². The molecular formula is C30H37N3O4S. The van der Waals surface area contributed by atoms with E-state index in [0.717, 1.165) is 22.3 Å². The van der Waals surface area contributed by atoms with Gasteiger partial charge in [0.05, 0.1) is 11.9 Å². The molecule has 0 heterocycles. The summed E-state index contributed by atoms with van der Waals surface area (Å²) < 4.78 is 26.5. The third-order valence-electron chi connectivity index (χ3n) is 6.66. The normalized spacial score (nSPS) is 12.0. The highest BCUT2D eigenvalue weighted by Gasteiger charge is 2.30. The van der Waals surface area contributed by atoms with Crippen molar-refractivity contribution in [2.24, 2.45) is 0 Å². The molecule has 0 aliphatic rings. The first-order valence-corrected chi connectivity index (χ1v) is 14.6. The molecule has 0 aromatic heterocycles. The van der Waals surface area contributed by atoms with Crippen molar-refractivity contribution in [2.75, 3.05) is 24.2 Å². The Balaban J connectivity index is 1.86. The quantitative estimate of drug-likeness (QED) is 0.376. The lowest BCUT2D eigenvalue weighted by atomic mass is 10.0. The van der Waals surface area contributed by atoms with E-state index in [1.54, 1.807) is 24.1 Å². The summed E-state index contributed by atoms with van der Waals surface area (Å²) in [4.78, 5) is 28.4. The van der Waals surface area contributed by atoms with Gasteiger partial charge in [-0.3, -0.25) is 13.9 Å². The van der Waals surface area contributed by atoms with Crippen LogP contribution in [0.3, 0.4) is 0 Å². The summed E-state index contributed by atoms with van der Waals surface area (Å²) in [6, 6.07) is 24.0. The Morgan fingerprint density at radius 3 is 2.08 bits per heavy atom. The number of benzene rings is 3.